The Hall–Kier alpha value is -0.260. The van der Waals surface area contributed by atoms with Gasteiger partial charge in [-0.2, -0.15) is 0 Å². The molecule has 0 aromatic rings. The van der Waals surface area contributed by atoms with Crippen LogP contribution < -0.4 is 0 Å². The molecule has 4 rings (SSSR count). The second-order valence-corrected chi connectivity index (χ2v) is 6.07. The Bertz CT molecular complexity index is 314. The first-order valence-electron chi connectivity index (χ1n) is 5.93. The zero-order chi connectivity index (χ0) is 8.79. The van der Waals surface area contributed by atoms with E-state index < -0.39 is 0 Å². The maximum atomic E-state index is 2.58. The first-order chi connectivity index (χ1) is 6.24. The molecular formula is C13H18. The highest BCUT2D eigenvalue weighted by Crippen LogP contribution is 2.84. The Labute approximate surface area is 80.4 Å². The summed E-state index contributed by atoms with van der Waals surface area (Å²) in [5, 5.41) is 0. The van der Waals surface area contributed by atoms with Crippen LogP contribution in [-0.2, 0) is 0 Å². The smallest absolute Gasteiger partial charge is 0.0135 e. The van der Waals surface area contributed by atoms with Gasteiger partial charge in [0, 0.05) is 0 Å². The molecule has 0 aromatic heterocycles. The van der Waals surface area contributed by atoms with Gasteiger partial charge in [-0.25, -0.2) is 0 Å². The maximum Gasteiger partial charge on any atom is -0.0135 e. The van der Waals surface area contributed by atoms with Crippen LogP contribution in [0.25, 0.3) is 0 Å². The zero-order valence-corrected chi connectivity index (χ0v) is 8.59. The van der Waals surface area contributed by atoms with Crippen LogP contribution in [0.15, 0.2) is 11.6 Å². The Balaban J connectivity index is 1.85. The van der Waals surface area contributed by atoms with Gasteiger partial charge in [-0.1, -0.05) is 25.5 Å². The maximum absolute atomic E-state index is 2.58. The molecule has 3 saturated carbocycles. The fourth-order valence-corrected chi connectivity index (χ4v) is 5.20. The van der Waals surface area contributed by atoms with E-state index in [0.29, 0.717) is 0 Å². The van der Waals surface area contributed by atoms with Gasteiger partial charge in [0.2, 0.25) is 0 Å². The number of hydrogen-bond acceptors (Lipinski definition) is 0. The molecule has 6 atom stereocenters. The number of allylic oxidation sites excluding steroid dienone is 2. The molecule has 70 valence electrons. The van der Waals surface area contributed by atoms with Crippen molar-refractivity contribution in [2.45, 2.75) is 33.1 Å². The molecule has 4 aliphatic carbocycles. The lowest BCUT2D eigenvalue weighted by molar-refractivity contribution is 0.157. The summed E-state index contributed by atoms with van der Waals surface area (Å²) >= 11 is 0. The van der Waals surface area contributed by atoms with E-state index in [1.54, 1.807) is 0 Å². The summed E-state index contributed by atoms with van der Waals surface area (Å²) in [5.41, 5.74) is 2.65. The predicted octanol–water partition coefficient (Wildman–Crippen LogP) is 3.24. The molecule has 0 radical (unpaired) electrons. The van der Waals surface area contributed by atoms with Crippen molar-refractivity contribution < 1.29 is 0 Å². The van der Waals surface area contributed by atoms with Crippen LogP contribution in [-0.4, -0.2) is 0 Å². The highest BCUT2D eigenvalue weighted by atomic mass is 14.8. The molecule has 13 heavy (non-hydrogen) atoms. The lowest BCUT2D eigenvalue weighted by Gasteiger charge is -2.42. The first kappa shape index (κ1) is 7.09. The molecular weight excluding hydrogens is 156 g/mol. The van der Waals surface area contributed by atoms with E-state index in [9.17, 15) is 0 Å². The molecule has 6 unspecified atom stereocenters. The molecule has 0 spiro atoms. The Morgan fingerprint density at radius 2 is 2.23 bits per heavy atom. The van der Waals surface area contributed by atoms with Gasteiger partial charge in [-0.3, -0.25) is 0 Å². The molecule has 0 aliphatic heterocycles. The van der Waals surface area contributed by atoms with Gasteiger partial charge < -0.3 is 0 Å². The first-order valence-corrected chi connectivity index (χ1v) is 5.93. The minimum absolute atomic E-state index is 0.789. The van der Waals surface area contributed by atoms with E-state index in [0.717, 1.165) is 35.0 Å². The van der Waals surface area contributed by atoms with Crippen molar-refractivity contribution in [2.24, 2.45) is 35.0 Å². The van der Waals surface area contributed by atoms with E-state index in [4.69, 9.17) is 0 Å². The highest BCUT2D eigenvalue weighted by molar-refractivity contribution is 5.37. The van der Waals surface area contributed by atoms with Gasteiger partial charge in [0.15, 0.2) is 0 Å². The summed E-state index contributed by atoms with van der Waals surface area (Å²) in [6.45, 7) is 5.06. The fourth-order valence-electron chi connectivity index (χ4n) is 5.20. The van der Waals surface area contributed by atoms with Crippen LogP contribution in [0.1, 0.15) is 33.1 Å². The van der Waals surface area contributed by atoms with Gasteiger partial charge in [0.05, 0.1) is 0 Å². The second kappa shape index (κ2) is 1.76. The summed E-state index contributed by atoms with van der Waals surface area (Å²) in [6.07, 6.45) is 6.91. The average molecular weight is 174 g/mol. The van der Waals surface area contributed by atoms with Crippen molar-refractivity contribution in [3.8, 4) is 0 Å². The SMILES string of the molecule is CC1CC2=CCCC3C2C2C3C12C. The Morgan fingerprint density at radius 3 is 3.08 bits per heavy atom. The third-order valence-electron chi connectivity index (χ3n) is 5.96. The van der Waals surface area contributed by atoms with Crippen LogP contribution in [0.2, 0.25) is 0 Å². The van der Waals surface area contributed by atoms with Crippen molar-refractivity contribution >= 4 is 0 Å². The summed E-state index contributed by atoms with van der Waals surface area (Å²) < 4.78 is 0. The molecule has 3 fully saturated rings. The Kier molecular flexibility index (Phi) is 0.959. The van der Waals surface area contributed by atoms with Crippen LogP contribution in [0.3, 0.4) is 0 Å². The average Bonchev–Trinajstić information content (AvgIpc) is 2.63. The Morgan fingerprint density at radius 1 is 1.38 bits per heavy atom. The van der Waals surface area contributed by atoms with Gasteiger partial charge in [-0.05, 0) is 54.3 Å². The number of hydrogen-bond donors (Lipinski definition) is 0. The minimum atomic E-state index is 0.789. The summed E-state index contributed by atoms with van der Waals surface area (Å²) in [6, 6.07) is 0. The van der Waals surface area contributed by atoms with Crippen molar-refractivity contribution in [3.05, 3.63) is 11.6 Å². The lowest BCUT2D eigenvalue weighted by atomic mass is 9.62. The van der Waals surface area contributed by atoms with E-state index in [2.05, 4.69) is 19.9 Å². The summed E-state index contributed by atoms with van der Waals surface area (Å²) in [5.74, 6) is 5.46. The minimum Gasteiger partial charge on any atom is -0.0850 e. The number of fused-ring (bicyclic) bond motifs is 2. The molecule has 0 heteroatoms. The van der Waals surface area contributed by atoms with Crippen molar-refractivity contribution in [1.29, 1.82) is 0 Å². The van der Waals surface area contributed by atoms with Gasteiger partial charge in [-0.15, -0.1) is 0 Å². The molecule has 0 amide bonds. The molecule has 0 heterocycles. The normalized spacial score (nSPS) is 66.3. The molecule has 0 aromatic carbocycles. The van der Waals surface area contributed by atoms with Gasteiger partial charge in [0.25, 0.3) is 0 Å². The third kappa shape index (κ3) is 0.532. The van der Waals surface area contributed by atoms with Gasteiger partial charge >= 0.3 is 0 Å². The van der Waals surface area contributed by atoms with E-state index in [1.807, 2.05) is 5.57 Å². The molecule has 4 aliphatic rings. The number of rotatable bonds is 0. The molecule has 0 saturated heterocycles. The standard InChI is InChI=1S/C13H18/c1-7-6-8-4-3-5-9-10(8)12-11(9)13(7,12)2/h4,7,9-12H,3,5-6H2,1-2H3. The van der Waals surface area contributed by atoms with E-state index >= 15 is 0 Å². The highest BCUT2D eigenvalue weighted by Gasteiger charge is 2.79. The second-order valence-electron chi connectivity index (χ2n) is 6.07. The van der Waals surface area contributed by atoms with E-state index in [-0.39, 0.29) is 0 Å². The molecule has 0 bridgehead atoms. The quantitative estimate of drug-likeness (QED) is 0.494. The fraction of sp³-hybridized carbons (Fsp3) is 0.846. The molecule has 0 N–H and O–H groups in total. The van der Waals surface area contributed by atoms with Crippen LogP contribution >= 0.6 is 0 Å². The topological polar surface area (TPSA) is 0 Å². The summed E-state index contributed by atoms with van der Waals surface area (Å²) in [7, 11) is 0. The van der Waals surface area contributed by atoms with Crippen LogP contribution in [0.4, 0.5) is 0 Å². The summed E-state index contributed by atoms with van der Waals surface area (Å²) in [4.78, 5) is 0. The predicted molar refractivity (Wildman–Crippen MR) is 53.2 cm³/mol. The third-order valence-corrected chi connectivity index (χ3v) is 5.96. The monoisotopic (exact) mass is 174 g/mol. The molecule has 0 nitrogen and oxygen atoms in total. The lowest BCUT2D eigenvalue weighted by Crippen LogP contribution is -2.34. The van der Waals surface area contributed by atoms with Crippen molar-refractivity contribution in [1.82, 2.24) is 0 Å². The van der Waals surface area contributed by atoms with E-state index in [1.165, 1.54) is 19.3 Å². The van der Waals surface area contributed by atoms with Gasteiger partial charge in [0.1, 0.15) is 0 Å². The van der Waals surface area contributed by atoms with Crippen molar-refractivity contribution in [2.75, 3.05) is 0 Å². The zero-order valence-electron chi connectivity index (χ0n) is 8.59. The van der Waals surface area contributed by atoms with Crippen molar-refractivity contribution in [3.63, 3.8) is 0 Å². The largest absolute Gasteiger partial charge is 0.0850 e. The van der Waals surface area contributed by atoms with Crippen LogP contribution in [0, 0.1) is 35.0 Å². The van der Waals surface area contributed by atoms with Crippen LogP contribution in [0.5, 0.6) is 0 Å².